The molecule has 2 fully saturated rings. The molecule has 0 heterocycles. The number of hydrogen-bond acceptors (Lipinski definition) is 2. The van der Waals surface area contributed by atoms with Crippen LogP contribution in [0.5, 0.6) is 0 Å². The van der Waals surface area contributed by atoms with Gasteiger partial charge in [-0.2, -0.15) is 12.6 Å². The molecule has 2 aliphatic carbocycles. The van der Waals surface area contributed by atoms with Crippen LogP contribution in [0.3, 0.4) is 0 Å². The van der Waals surface area contributed by atoms with Crippen LogP contribution in [0.2, 0.25) is 0 Å². The molecule has 0 aliphatic heterocycles. The van der Waals surface area contributed by atoms with Gasteiger partial charge in [0.25, 0.3) is 0 Å². The maximum atomic E-state index is 4.49. The smallest absolute Gasteiger partial charge is 0.00429 e. The number of thiol groups is 1. The van der Waals surface area contributed by atoms with E-state index in [-0.39, 0.29) is 0 Å². The highest BCUT2D eigenvalue weighted by atomic mass is 32.1. The maximum Gasteiger partial charge on any atom is 0.00429 e. The minimum absolute atomic E-state index is 0.590. The molecule has 0 unspecified atom stereocenters. The predicted molar refractivity (Wildman–Crippen MR) is 60.4 cm³/mol. The van der Waals surface area contributed by atoms with Gasteiger partial charge in [-0.15, -0.1) is 0 Å². The van der Waals surface area contributed by atoms with Crippen molar-refractivity contribution in [2.24, 2.45) is 11.3 Å². The lowest BCUT2D eigenvalue weighted by molar-refractivity contribution is 0.103. The van der Waals surface area contributed by atoms with Gasteiger partial charge in [0.15, 0.2) is 0 Å². The molecule has 2 aliphatic rings. The van der Waals surface area contributed by atoms with Crippen LogP contribution in [0.15, 0.2) is 0 Å². The third-order valence-corrected chi connectivity index (χ3v) is 4.29. The van der Waals surface area contributed by atoms with E-state index in [0.717, 1.165) is 11.7 Å². The SMILES string of the molecule is CN(CC1CC1)CC1(CS)CCC1. The van der Waals surface area contributed by atoms with Crippen LogP contribution < -0.4 is 0 Å². The first-order chi connectivity index (χ1) is 6.24. The van der Waals surface area contributed by atoms with Gasteiger partial charge >= 0.3 is 0 Å². The summed E-state index contributed by atoms with van der Waals surface area (Å²) in [6.45, 7) is 2.61. The molecule has 2 saturated carbocycles. The molecule has 0 bridgehead atoms. The minimum atomic E-state index is 0.590. The molecule has 1 nitrogen and oxygen atoms in total. The third-order valence-electron chi connectivity index (χ3n) is 3.62. The Morgan fingerprint density at radius 2 is 2.08 bits per heavy atom. The highest BCUT2D eigenvalue weighted by molar-refractivity contribution is 7.80. The van der Waals surface area contributed by atoms with E-state index in [1.54, 1.807) is 0 Å². The molecule has 0 spiro atoms. The second-order valence-electron chi connectivity index (χ2n) is 5.15. The molecule has 0 aromatic heterocycles. The van der Waals surface area contributed by atoms with Crippen molar-refractivity contribution in [3.05, 3.63) is 0 Å². The molecule has 0 saturated heterocycles. The van der Waals surface area contributed by atoms with Gasteiger partial charge in [0.05, 0.1) is 0 Å². The minimum Gasteiger partial charge on any atom is -0.306 e. The fraction of sp³-hybridized carbons (Fsp3) is 1.00. The first-order valence-corrected chi connectivity index (χ1v) is 6.17. The van der Waals surface area contributed by atoms with E-state index >= 15 is 0 Å². The molecule has 0 aromatic rings. The van der Waals surface area contributed by atoms with Crippen molar-refractivity contribution in [3.63, 3.8) is 0 Å². The Balaban J connectivity index is 1.74. The van der Waals surface area contributed by atoms with Crippen molar-refractivity contribution in [1.82, 2.24) is 4.90 Å². The number of rotatable bonds is 5. The summed E-state index contributed by atoms with van der Waals surface area (Å²) in [5.41, 5.74) is 0.590. The predicted octanol–water partition coefficient (Wildman–Crippen LogP) is 2.43. The molecule has 0 N–H and O–H groups in total. The summed E-state index contributed by atoms with van der Waals surface area (Å²) >= 11 is 4.49. The van der Waals surface area contributed by atoms with Gasteiger partial charge in [-0.3, -0.25) is 0 Å². The Bertz CT molecular complexity index is 167. The Morgan fingerprint density at radius 3 is 2.46 bits per heavy atom. The average molecular weight is 199 g/mol. The quantitative estimate of drug-likeness (QED) is 0.666. The van der Waals surface area contributed by atoms with Gasteiger partial charge in [-0.05, 0) is 49.8 Å². The average Bonchev–Trinajstić information content (AvgIpc) is 2.80. The van der Waals surface area contributed by atoms with Crippen LogP contribution in [0.25, 0.3) is 0 Å². The van der Waals surface area contributed by atoms with Gasteiger partial charge in [0.1, 0.15) is 0 Å². The lowest BCUT2D eigenvalue weighted by Crippen LogP contribution is -2.42. The highest BCUT2D eigenvalue weighted by Crippen LogP contribution is 2.42. The van der Waals surface area contributed by atoms with E-state index < -0.39 is 0 Å². The van der Waals surface area contributed by atoms with Crippen LogP contribution in [-0.2, 0) is 0 Å². The lowest BCUT2D eigenvalue weighted by Gasteiger charge is -2.43. The molecule has 76 valence electrons. The van der Waals surface area contributed by atoms with Gasteiger partial charge in [-0.25, -0.2) is 0 Å². The van der Waals surface area contributed by atoms with E-state index in [4.69, 9.17) is 0 Å². The Labute approximate surface area is 87.3 Å². The fourth-order valence-electron chi connectivity index (χ4n) is 2.42. The van der Waals surface area contributed by atoms with Crippen LogP contribution in [0.4, 0.5) is 0 Å². The summed E-state index contributed by atoms with van der Waals surface area (Å²) in [7, 11) is 2.28. The van der Waals surface area contributed by atoms with E-state index in [2.05, 4.69) is 24.6 Å². The normalized spacial score (nSPS) is 26.1. The molecule has 2 heteroatoms. The maximum absolute atomic E-state index is 4.49. The Kier molecular flexibility index (Phi) is 2.89. The first kappa shape index (κ1) is 9.85. The van der Waals surface area contributed by atoms with E-state index in [0.29, 0.717) is 5.41 Å². The van der Waals surface area contributed by atoms with Crippen molar-refractivity contribution >= 4 is 12.6 Å². The summed E-state index contributed by atoms with van der Waals surface area (Å²) in [4.78, 5) is 2.53. The summed E-state index contributed by atoms with van der Waals surface area (Å²) in [5, 5.41) is 0. The first-order valence-electron chi connectivity index (χ1n) is 5.53. The lowest BCUT2D eigenvalue weighted by atomic mass is 9.70. The summed E-state index contributed by atoms with van der Waals surface area (Å²) < 4.78 is 0. The van der Waals surface area contributed by atoms with Gasteiger partial charge in [0.2, 0.25) is 0 Å². The number of hydrogen-bond donors (Lipinski definition) is 1. The molecule has 0 aromatic carbocycles. The van der Waals surface area contributed by atoms with E-state index in [1.165, 1.54) is 45.2 Å². The van der Waals surface area contributed by atoms with Crippen molar-refractivity contribution in [3.8, 4) is 0 Å². The highest BCUT2D eigenvalue weighted by Gasteiger charge is 2.37. The van der Waals surface area contributed by atoms with Crippen molar-refractivity contribution in [2.75, 3.05) is 25.9 Å². The van der Waals surface area contributed by atoms with Crippen LogP contribution in [0, 0.1) is 11.3 Å². The Hall–Kier alpha value is 0.310. The molecule has 13 heavy (non-hydrogen) atoms. The summed E-state index contributed by atoms with van der Waals surface area (Å²) in [5.74, 6) is 2.11. The summed E-state index contributed by atoms with van der Waals surface area (Å²) in [6, 6.07) is 0. The number of nitrogens with zero attached hydrogens (tertiary/aromatic N) is 1. The topological polar surface area (TPSA) is 3.24 Å². The fourth-order valence-corrected chi connectivity index (χ4v) is 2.84. The van der Waals surface area contributed by atoms with Gasteiger partial charge in [-0.1, -0.05) is 6.42 Å². The standard InChI is InChI=1S/C11H21NS/c1-12(7-10-3-4-10)8-11(9-13)5-2-6-11/h10,13H,2-9H2,1H3. The molecule has 2 rings (SSSR count). The van der Waals surface area contributed by atoms with Gasteiger partial charge < -0.3 is 4.90 Å². The van der Waals surface area contributed by atoms with Crippen molar-refractivity contribution in [2.45, 2.75) is 32.1 Å². The zero-order valence-electron chi connectivity index (χ0n) is 8.63. The zero-order valence-corrected chi connectivity index (χ0v) is 9.52. The second-order valence-corrected chi connectivity index (χ2v) is 5.47. The summed E-state index contributed by atoms with van der Waals surface area (Å²) in [6.07, 6.45) is 7.19. The van der Waals surface area contributed by atoms with Gasteiger partial charge in [0, 0.05) is 13.1 Å². The van der Waals surface area contributed by atoms with Crippen molar-refractivity contribution in [1.29, 1.82) is 0 Å². The van der Waals surface area contributed by atoms with Crippen LogP contribution in [-0.4, -0.2) is 30.8 Å². The zero-order chi connectivity index (χ0) is 9.31. The molecule has 0 amide bonds. The molecule has 0 atom stereocenters. The molecular weight excluding hydrogens is 178 g/mol. The monoisotopic (exact) mass is 199 g/mol. The largest absolute Gasteiger partial charge is 0.306 e. The Morgan fingerprint density at radius 1 is 1.38 bits per heavy atom. The second kappa shape index (κ2) is 3.82. The van der Waals surface area contributed by atoms with E-state index in [1.807, 2.05) is 0 Å². The van der Waals surface area contributed by atoms with Crippen LogP contribution >= 0.6 is 12.6 Å². The van der Waals surface area contributed by atoms with E-state index in [9.17, 15) is 0 Å². The third kappa shape index (κ3) is 2.41. The van der Waals surface area contributed by atoms with Crippen LogP contribution in [0.1, 0.15) is 32.1 Å². The molecule has 0 radical (unpaired) electrons. The molecular formula is C11H21NS. The van der Waals surface area contributed by atoms with Crippen molar-refractivity contribution < 1.29 is 0 Å².